The minimum absolute atomic E-state index is 0.00927. The number of likely N-dealkylation sites (tertiary alicyclic amines) is 1. The molecule has 9 nitrogen and oxygen atoms in total. The summed E-state index contributed by atoms with van der Waals surface area (Å²) in [5.41, 5.74) is 6.46. The average Bonchev–Trinajstić information content (AvgIpc) is 3.08. The SMILES string of the molecule is CCOc1ccc(OCc2ccc(C(=O)NN[C@@H]3CC(=O)N(CCOC)C3=O)cc2)cc1. The van der Waals surface area contributed by atoms with E-state index in [4.69, 9.17) is 14.2 Å². The van der Waals surface area contributed by atoms with Gasteiger partial charge in [0.2, 0.25) is 11.8 Å². The van der Waals surface area contributed by atoms with Gasteiger partial charge in [0.25, 0.3) is 5.91 Å². The van der Waals surface area contributed by atoms with E-state index in [1.807, 2.05) is 31.2 Å². The van der Waals surface area contributed by atoms with Gasteiger partial charge in [-0.2, -0.15) is 0 Å². The third kappa shape index (κ3) is 6.05. The van der Waals surface area contributed by atoms with Crippen LogP contribution in [0.5, 0.6) is 11.5 Å². The predicted molar refractivity (Wildman–Crippen MR) is 116 cm³/mol. The van der Waals surface area contributed by atoms with Crippen molar-refractivity contribution in [3.05, 3.63) is 59.7 Å². The summed E-state index contributed by atoms with van der Waals surface area (Å²) in [6.45, 7) is 3.35. The van der Waals surface area contributed by atoms with Crippen LogP contribution in [0.4, 0.5) is 0 Å². The average molecular weight is 441 g/mol. The van der Waals surface area contributed by atoms with Crippen LogP contribution in [0.1, 0.15) is 29.3 Å². The van der Waals surface area contributed by atoms with Crippen LogP contribution in [0.3, 0.4) is 0 Å². The molecule has 32 heavy (non-hydrogen) atoms. The molecule has 0 aromatic heterocycles. The lowest BCUT2D eigenvalue weighted by Gasteiger charge is -2.15. The molecule has 1 aliphatic rings. The van der Waals surface area contributed by atoms with Gasteiger partial charge in [0, 0.05) is 12.7 Å². The molecule has 1 aliphatic heterocycles. The largest absolute Gasteiger partial charge is 0.494 e. The molecule has 0 aliphatic carbocycles. The van der Waals surface area contributed by atoms with E-state index in [1.54, 1.807) is 24.3 Å². The summed E-state index contributed by atoms with van der Waals surface area (Å²) < 4.78 is 16.1. The maximum atomic E-state index is 12.4. The number of carbonyl (C=O) groups excluding carboxylic acids is 3. The molecule has 1 saturated heterocycles. The van der Waals surface area contributed by atoms with Crippen LogP contribution in [0.2, 0.25) is 0 Å². The van der Waals surface area contributed by atoms with Crippen LogP contribution in [-0.2, 0) is 20.9 Å². The first-order chi connectivity index (χ1) is 15.5. The first kappa shape index (κ1) is 23.2. The number of ether oxygens (including phenoxy) is 3. The predicted octanol–water partition coefficient (Wildman–Crippen LogP) is 1.67. The summed E-state index contributed by atoms with van der Waals surface area (Å²) in [4.78, 5) is 37.7. The number of hydrogen-bond acceptors (Lipinski definition) is 7. The molecule has 1 fully saturated rings. The van der Waals surface area contributed by atoms with Crippen LogP contribution in [0, 0.1) is 0 Å². The summed E-state index contributed by atoms with van der Waals surface area (Å²) in [5.74, 6) is 0.425. The first-order valence-corrected chi connectivity index (χ1v) is 10.4. The zero-order valence-corrected chi connectivity index (χ0v) is 18.1. The Kier molecular flexibility index (Phi) is 8.18. The van der Waals surface area contributed by atoms with Gasteiger partial charge in [-0.3, -0.25) is 24.7 Å². The van der Waals surface area contributed by atoms with E-state index < -0.39 is 11.9 Å². The molecule has 2 aromatic rings. The molecule has 2 aromatic carbocycles. The third-order valence-electron chi connectivity index (χ3n) is 4.88. The lowest BCUT2D eigenvalue weighted by Crippen LogP contribution is -2.48. The van der Waals surface area contributed by atoms with E-state index in [-0.39, 0.29) is 31.4 Å². The van der Waals surface area contributed by atoms with Crippen molar-refractivity contribution >= 4 is 17.7 Å². The van der Waals surface area contributed by atoms with Crippen LogP contribution in [0.15, 0.2) is 48.5 Å². The van der Waals surface area contributed by atoms with Gasteiger partial charge in [-0.15, -0.1) is 0 Å². The second kappa shape index (κ2) is 11.3. The van der Waals surface area contributed by atoms with E-state index in [1.165, 1.54) is 7.11 Å². The first-order valence-electron chi connectivity index (χ1n) is 10.4. The Morgan fingerprint density at radius 2 is 1.69 bits per heavy atom. The van der Waals surface area contributed by atoms with Crippen molar-refractivity contribution in [2.75, 3.05) is 26.9 Å². The second-order valence-corrected chi connectivity index (χ2v) is 7.12. The highest BCUT2D eigenvalue weighted by molar-refractivity contribution is 6.05. The Morgan fingerprint density at radius 3 is 2.31 bits per heavy atom. The van der Waals surface area contributed by atoms with Gasteiger partial charge >= 0.3 is 0 Å². The normalized spacial score (nSPS) is 15.7. The summed E-state index contributed by atoms with van der Waals surface area (Å²) in [7, 11) is 1.50. The van der Waals surface area contributed by atoms with Gasteiger partial charge in [-0.1, -0.05) is 12.1 Å². The summed E-state index contributed by atoms with van der Waals surface area (Å²) in [5, 5.41) is 0. The third-order valence-corrected chi connectivity index (χ3v) is 4.88. The molecule has 0 spiro atoms. The number of rotatable bonds is 11. The zero-order chi connectivity index (χ0) is 22.9. The number of amides is 3. The van der Waals surface area contributed by atoms with Gasteiger partial charge < -0.3 is 14.2 Å². The van der Waals surface area contributed by atoms with Crippen molar-refractivity contribution < 1.29 is 28.6 Å². The van der Waals surface area contributed by atoms with Crippen LogP contribution in [-0.4, -0.2) is 55.5 Å². The highest BCUT2D eigenvalue weighted by atomic mass is 16.5. The molecule has 0 radical (unpaired) electrons. The molecule has 9 heteroatoms. The molecule has 1 atom stereocenters. The Morgan fingerprint density at radius 1 is 1.03 bits per heavy atom. The Balaban J connectivity index is 1.46. The zero-order valence-electron chi connectivity index (χ0n) is 18.1. The highest BCUT2D eigenvalue weighted by Gasteiger charge is 2.38. The molecule has 3 rings (SSSR count). The lowest BCUT2D eigenvalue weighted by atomic mass is 10.1. The molecular formula is C23H27N3O6. The fourth-order valence-corrected chi connectivity index (χ4v) is 3.16. The van der Waals surface area contributed by atoms with Gasteiger partial charge in [-0.25, -0.2) is 5.43 Å². The molecule has 1 heterocycles. The standard InChI is InChI=1S/C23H27N3O6/c1-3-31-18-8-10-19(11-9-18)32-15-16-4-6-17(7-5-16)22(28)25-24-20-14-21(27)26(23(20)29)12-13-30-2/h4-11,20,24H,3,12-15H2,1-2H3,(H,25,28)/t20-/m1/s1. The van der Waals surface area contributed by atoms with Crippen molar-refractivity contribution in [3.63, 3.8) is 0 Å². The topological polar surface area (TPSA) is 106 Å². The van der Waals surface area contributed by atoms with E-state index in [9.17, 15) is 14.4 Å². The maximum absolute atomic E-state index is 12.4. The van der Waals surface area contributed by atoms with Crippen LogP contribution < -0.4 is 20.3 Å². The van der Waals surface area contributed by atoms with E-state index in [2.05, 4.69) is 10.9 Å². The fourth-order valence-electron chi connectivity index (χ4n) is 3.16. The van der Waals surface area contributed by atoms with Gasteiger partial charge in [0.05, 0.1) is 26.2 Å². The molecule has 3 amide bonds. The number of hydrogen-bond donors (Lipinski definition) is 2. The van der Waals surface area contributed by atoms with Crippen LogP contribution >= 0.6 is 0 Å². The van der Waals surface area contributed by atoms with E-state index >= 15 is 0 Å². The van der Waals surface area contributed by atoms with E-state index in [0.717, 1.165) is 22.0 Å². The van der Waals surface area contributed by atoms with Crippen LogP contribution in [0.25, 0.3) is 0 Å². The maximum Gasteiger partial charge on any atom is 0.265 e. The van der Waals surface area contributed by atoms with Gasteiger partial charge in [0.1, 0.15) is 24.1 Å². The van der Waals surface area contributed by atoms with Gasteiger partial charge in [-0.05, 0) is 48.9 Å². The summed E-state index contributed by atoms with van der Waals surface area (Å²) in [6, 6.07) is 13.5. The molecule has 0 bridgehead atoms. The number of hydrazine groups is 1. The molecule has 0 unspecified atom stereocenters. The monoisotopic (exact) mass is 441 g/mol. The van der Waals surface area contributed by atoms with Crippen molar-refractivity contribution in [2.45, 2.75) is 26.0 Å². The Hall–Kier alpha value is -3.43. The number of methoxy groups -OCH3 is 1. The Bertz CT molecular complexity index is 930. The summed E-state index contributed by atoms with van der Waals surface area (Å²) in [6.07, 6.45) is -0.00927. The van der Waals surface area contributed by atoms with Crippen molar-refractivity contribution in [3.8, 4) is 11.5 Å². The minimum atomic E-state index is -0.787. The molecule has 0 saturated carbocycles. The van der Waals surface area contributed by atoms with E-state index in [0.29, 0.717) is 18.8 Å². The van der Waals surface area contributed by atoms with Crippen molar-refractivity contribution in [2.24, 2.45) is 0 Å². The summed E-state index contributed by atoms with van der Waals surface area (Å²) >= 11 is 0. The molecular weight excluding hydrogens is 414 g/mol. The number of nitrogens with zero attached hydrogens (tertiary/aromatic N) is 1. The lowest BCUT2D eigenvalue weighted by molar-refractivity contribution is -0.139. The molecule has 170 valence electrons. The number of imide groups is 1. The van der Waals surface area contributed by atoms with Gasteiger partial charge in [0.15, 0.2) is 0 Å². The fraction of sp³-hybridized carbons (Fsp3) is 0.348. The quantitative estimate of drug-likeness (QED) is 0.404. The molecule has 2 N–H and O–H groups in total. The Labute approximate surface area is 186 Å². The second-order valence-electron chi connectivity index (χ2n) is 7.12. The number of carbonyl (C=O) groups is 3. The highest BCUT2D eigenvalue weighted by Crippen LogP contribution is 2.19. The van der Waals surface area contributed by atoms with Crippen molar-refractivity contribution in [1.82, 2.24) is 15.8 Å². The number of nitrogens with one attached hydrogen (secondary N) is 2. The van der Waals surface area contributed by atoms with Crippen molar-refractivity contribution in [1.29, 1.82) is 0 Å². The smallest absolute Gasteiger partial charge is 0.265 e. The minimum Gasteiger partial charge on any atom is -0.494 e. The number of benzene rings is 2.